The van der Waals surface area contributed by atoms with Crippen molar-refractivity contribution in [2.45, 2.75) is 96.3 Å². The summed E-state index contributed by atoms with van der Waals surface area (Å²) in [5.74, 6) is -3.95. The van der Waals surface area contributed by atoms with Gasteiger partial charge in [-0.15, -0.1) is 0 Å². The Labute approximate surface area is 249 Å². The van der Waals surface area contributed by atoms with Crippen LogP contribution in [0.15, 0.2) is 42.5 Å². The topological polar surface area (TPSA) is 35.5 Å². The molecule has 0 radical (unpaired) electrons. The second-order valence-corrected chi connectivity index (χ2v) is 11.9. The average Bonchev–Trinajstić information content (AvgIpc) is 2.95. The molecule has 0 bridgehead atoms. The molecule has 0 saturated heterocycles. The van der Waals surface area contributed by atoms with E-state index in [1.165, 1.54) is 44.9 Å². The molecule has 0 aromatic heterocycles. The molecule has 236 valence electrons. The summed E-state index contributed by atoms with van der Waals surface area (Å²) in [6, 6.07) is 3.52. The van der Waals surface area contributed by atoms with E-state index >= 15 is 0 Å². The van der Waals surface area contributed by atoms with Crippen molar-refractivity contribution in [3.63, 3.8) is 0 Å². The molecule has 0 amide bonds. The molecule has 2 saturated carbocycles. The van der Waals surface area contributed by atoms with Gasteiger partial charge in [0.25, 0.3) is 0 Å². The maximum Gasteiger partial charge on any atom is 0.419 e. The molecule has 2 fully saturated rings. The van der Waals surface area contributed by atoms with Crippen molar-refractivity contribution in [2.24, 2.45) is 17.8 Å². The molecule has 0 spiro atoms. The Bertz CT molecular complexity index is 1220. The second-order valence-electron chi connectivity index (χ2n) is 11.9. The molecule has 4 rings (SSSR count). The standard InChI is InChI=1S/C34H40F6O3/c1-2-3-18-42-26-14-12-25(13-15-26)24-10-8-22(9-11-24)6-4-5-7-23-19-30(36)32(31(37)20-23)33(41)43-27-16-17-28(29(35)21-27)34(38,39)40/h4,6,16-17,19-22,24-26H,2-3,5,7-15,18H2,1H3. The monoisotopic (exact) mass is 610 g/mol. The molecule has 0 atom stereocenters. The number of esters is 1. The van der Waals surface area contributed by atoms with E-state index in [-0.39, 0.29) is 0 Å². The lowest BCUT2D eigenvalue weighted by atomic mass is 9.70. The van der Waals surface area contributed by atoms with Gasteiger partial charge in [-0.05, 0) is 118 Å². The maximum absolute atomic E-state index is 14.7. The number of aryl methyl sites for hydroxylation is 1. The lowest BCUT2D eigenvalue weighted by Crippen LogP contribution is -2.28. The maximum atomic E-state index is 14.7. The molecule has 43 heavy (non-hydrogen) atoms. The van der Waals surface area contributed by atoms with E-state index < -0.39 is 46.5 Å². The summed E-state index contributed by atoms with van der Waals surface area (Å²) in [4.78, 5) is 12.3. The van der Waals surface area contributed by atoms with Crippen LogP contribution in [0.1, 0.15) is 99.0 Å². The van der Waals surface area contributed by atoms with Crippen LogP contribution in [0.5, 0.6) is 5.75 Å². The van der Waals surface area contributed by atoms with Crippen molar-refractivity contribution in [1.29, 1.82) is 0 Å². The molecule has 2 aromatic carbocycles. The molecule has 0 N–H and O–H groups in total. The minimum atomic E-state index is -4.93. The lowest BCUT2D eigenvalue weighted by Gasteiger charge is -2.37. The normalized spacial score (nSPS) is 23.0. The van der Waals surface area contributed by atoms with Gasteiger partial charge in [-0.25, -0.2) is 18.0 Å². The predicted octanol–water partition coefficient (Wildman–Crippen LogP) is 10.0. The summed E-state index contributed by atoms with van der Waals surface area (Å²) >= 11 is 0. The summed E-state index contributed by atoms with van der Waals surface area (Å²) in [5, 5.41) is 0. The van der Waals surface area contributed by atoms with Crippen LogP contribution in [0, 0.1) is 35.2 Å². The minimum absolute atomic E-state index is 0.347. The Balaban J connectivity index is 1.21. The first kappa shape index (κ1) is 33.1. The molecular formula is C34H40F6O3. The van der Waals surface area contributed by atoms with Gasteiger partial charge in [0.1, 0.15) is 28.8 Å². The number of hydrogen-bond acceptors (Lipinski definition) is 3. The Hall–Kier alpha value is -2.81. The van der Waals surface area contributed by atoms with Crippen LogP contribution >= 0.6 is 0 Å². The first-order valence-electron chi connectivity index (χ1n) is 15.4. The van der Waals surface area contributed by atoms with Gasteiger partial charge in [0.05, 0.1) is 11.7 Å². The smallest absolute Gasteiger partial charge is 0.419 e. The van der Waals surface area contributed by atoms with Crippen LogP contribution in [0.4, 0.5) is 26.3 Å². The van der Waals surface area contributed by atoms with Crippen molar-refractivity contribution in [2.75, 3.05) is 6.61 Å². The zero-order valence-corrected chi connectivity index (χ0v) is 24.5. The van der Waals surface area contributed by atoms with E-state index in [1.54, 1.807) is 0 Å². The van der Waals surface area contributed by atoms with E-state index in [0.717, 1.165) is 49.8 Å². The zero-order chi connectivity index (χ0) is 31.0. The van der Waals surface area contributed by atoms with Crippen LogP contribution in [0.2, 0.25) is 0 Å². The Morgan fingerprint density at radius 1 is 0.884 bits per heavy atom. The minimum Gasteiger partial charge on any atom is -0.423 e. The first-order chi connectivity index (χ1) is 20.5. The third-order valence-electron chi connectivity index (χ3n) is 8.82. The molecule has 0 heterocycles. The lowest BCUT2D eigenvalue weighted by molar-refractivity contribution is -0.140. The Kier molecular flexibility index (Phi) is 11.7. The summed E-state index contributed by atoms with van der Waals surface area (Å²) in [7, 11) is 0. The van der Waals surface area contributed by atoms with Gasteiger partial charge < -0.3 is 9.47 Å². The zero-order valence-electron chi connectivity index (χ0n) is 24.5. The largest absolute Gasteiger partial charge is 0.423 e. The summed E-state index contributed by atoms with van der Waals surface area (Å²) in [6.45, 7) is 3.06. The van der Waals surface area contributed by atoms with Crippen molar-refractivity contribution in [3.8, 4) is 5.75 Å². The van der Waals surface area contributed by atoms with Crippen LogP contribution in [0.3, 0.4) is 0 Å². The quantitative estimate of drug-likeness (QED) is 0.0835. The van der Waals surface area contributed by atoms with Crippen molar-refractivity contribution >= 4 is 5.97 Å². The van der Waals surface area contributed by atoms with Crippen molar-refractivity contribution < 1.29 is 40.6 Å². The van der Waals surface area contributed by atoms with Crippen molar-refractivity contribution in [1.82, 2.24) is 0 Å². The van der Waals surface area contributed by atoms with Gasteiger partial charge >= 0.3 is 12.1 Å². The first-order valence-corrected chi connectivity index (χ1v) is 15.4. The molecule has 2 aromatic rings. The molecule has 9 heteroatoms. The number of allylic oxidation sites excluding steroid dienone is 2. The molecule has 3 nitrogen and oxygen atoms in total. The van der Waals surface area contributed by atoms with Crippen molar-refractivity contribution in [3.05, 3.63) is 76.6 Å². The molecule has 0 aliphatic heterocycles. The Morgan fingerprint density at radius 3 is 2.09 bits per heavy atom. The summed E-state index contributed by atoms with van der Waals surface area (Å²) in [5.41, 5.74) is -2.18. The number of carbonyl (C=O) groups is 1. The third-order valence-corrected chi connectivity index (χ3v) is 8.82. The number of ether oxygens (including phenoxy) is 2. The van der Waals surface area contributed by atoms with Gasteiger partial charge in [-0.1, -0.05) is 25.5 Å². The van der Waals surface area contributed by atoms with Crippen LogP contribution in [0.25, 0.3) is 0 Å². The molecular weight excluding hydrogens is 570 g/mol. The number of halogens is 6. The van der Waals surface area contributed by atoms with Gasteiger partial charge in [0, 0.05) is 12.7 Å². The number of benzene rings is 2. The number of carbonyl (C=O) groups excluding carboxylic acids is 1. The molecule has 2 aliphatic rings. The number of alkyl halides is 3. The van der Waals surface area contributed by atoms with E-state index in [4.69, 9.17) is 9.47 Å². The average molecular weight is 611 g/mol. The summed E-state index contributed by atoms with van der Waals surface area (Å²) < 4.78 is 92.0. The Morgan fingerprint density at radius 2 is 1.51 bits per heavy atom. The van der Waals surface area contributed by atoms with Gasteiger partial charge in [0.15, 0.2) is 0 Å². The van der Waals surface area contributed by atoms with Gasteiger partial charge in [-0.3, -0.25) is 0 Å². The highest BCUT2D eigenvalue weighted by Crippen LogP contribution is 2.41. The summed E-state index contributed by atoms with van der Waals surface area (Å²) in [6.07, 6.45) is 12.6. The fourth-order valence-corrected chi connectivity index (χ4v) is 6.38. The van der Waals surface area contributed by atoms with Gasteiger partial charge in [0.2, 0.25) is 0 Å². The van der Waals surface area contributed by atoms with E-state index in [1.807, 2.05) is 6.08 Å². The van der Waals surface area contributed by atoms with E-state index in [9.17, 15) is 31.1 Å². The van der Waals surface area contributed by atoms with Crippen LogP contribution in [-0.2, 0) is 17.3 Å². The molecule has 2 aliphatic carbocycles. The van der Waals surface area contributed by atoms with Crippen LogP contribution in [-0.4, -0.2) is 18.7 Å². The fraction of sp³-hybridized carbons (Fsp3) is 0.559. The SMILES string of the molecule is CCCCOC1CCC(C2CCC(C=CCCc3cc(F)c(C(=O)Oc4ccc(C(F)(F)F)c(F)c4)c(F)c3)CC2)CC1. The number of unbranched alkanes of at least 4 members (excludes halogenated alkanes) is 1. The van der Waals surface area contributed by atoms with Crippen LogP contribution < -0.4 is 4.74 Å². The second kappa shape index (κ2) is 15.3. The highest BCUT2D eigenvalue weighted by molar-refractivity contribution is 5.91. The fourth-order valence-electron chi connectivity index (χ4n) is 6.38. The van der Waals surface area contributed by atoms with E-state index in [2.05, 4.69) is 13.0 Å². The van der Waals surface area contributed by atoms with Gasteiger partial charge in [-0.2, -0.15) is 13.2 Å². The third kappa shape index (κ3) is 9.34. The predicted molar refractivity (Wildman–Crippen MR) is 152 cm³/mol. The van der Waals surface area contributed by atoms with E-state index in [0.29, 0.717) is 48.6 Å². The highest BCUT2D eigenvalue weighted by Gasteiger charge is 2.34. The number of rotatable bonds is 11. The number of hydrogen-bond donors (Lipinski definition) is 0. The highest BCUT2D eigenvalue weighted by atomic mass is 19.4. The molecule has 0 unspecified atom stereocenters.